The summed E-state index contributed by atoms with van der Waals surface area (Å²) in [5, 5.41) is 9.00. The van der Waals surface area contributed by atoms with Crippen LogP contribution in [0.15, 0.2) is 25.3 Å². The van der Waals surface area contributed by atoms with Crippen LogP contribution in [-0.4, -0.2) is 28.0 Å². The number of carbonyl (C=O) groups excluding carboxylic acids is 2. The molecule has 1 atom stereocenters. The SMILES string of the molecule is C=CC(=O)N(C(=O)C=C)C(C)O. The van der Waals surface area contributed by atoms with E-state index < -0.39 is 18.0 Å². The summed E-state index contributed by atoms with van der Waals surface area (Å²) >= 11 is 0. The van der Waals surface area contributed by atoms with Crippen LogP contribution in [0.2, 0.25) is 0 Å². The second-order valence-electron chi connectivity index (χ2n) is 2.09. The molecule has 0 saturated carbocycles. The standard InChI is InChI=1S/C8H11NO3/c1-4-7(11)9(6(3)10)8(12)5-2/h4-6,10H,1-2H2,3H3. The fourth-order valence-corrected chi connectivity index (χ4v) is 0.674. The number of hydrogen-bond donors (Lipinski definition) is 1. The van der Waals surface area contributed by atoms with E-state index in [2.05, 4.69) is 13.2 Å². The van der Waals surface area contributed by atoms with Gasteiger partial charge >= 0.3 is 0 Å². The van der Waals surface area contributed by atoms with Gasteiger partial charge in [0.15, 0.2) is 0 Å². The van der Waals surface area contributed by atoms with Crippen molar-refractivity contribution >= 4 is 11.8 Å². The molecule has 0 bridgehead atoms. The lowest BCUT2D eigenvalue weighted by Gasteiger charge is -2.19. The summed E-state index contributed by atoms with van der Waals surface area (Å²) in [5.74, 6) is -1.29. The summed E-state index contributed by atoms with van der Waals surface area (Å²) in [5.41, 5.74) is 0. The van der Waals surface area contributed by atoms with Crippen LogP contribution in [0.1, 0.15) is 6.92 Å². The molecule has 0 aliphatic heterocycles. The Bertz CT molecular complexity index is 200. The summed E-state index contributed by atoms with van der Waals surface area (Å²) in [6.45, 7) is 7.69. The summed E-state index contributed by atoms with van der Waals surface area (Å²) in [4.78, 5) is 22.5. The van der Waals surface area contributed by atoms with Gasteiger partial charge in [0.25, 0.3) is 11.8 Å². The minimum Gasteiger partial charge on any atom is -0.373 e. The van der Waals surface area contributed by atoms with Crippen LogP contribution < -0.4 is 0 Å². The van der Waals surface area contributed by atoms with Gasteiger partial charge in [-0.1, -0.05) is 13.2 Å². The highest BCUT2D eigenvalue weighted by molar-refractivity contribution is 6.04. The van der Waals surface area contributed by atoms with Crippen LogP contribution in [0.5, 0.6) is 0 Å². The van der Waals surface area contributed by atoms with Crippen molar-refractivity contribution in [3.8, 4) is 0 Å². The zero-order valence-electron chi connectivity index (χ0n) is 6.86. The topological polar surface area (TPSA) is 57.6 Å². The second kappa shape index (κ2) is 4.46. The summed E-state index contributed by atoms with van der Waals surface area (Å²) in [6.07, 6.45) is 0.739. The van der Waals surface area contributed by atoms with Gasteiger partial charge in [-0.3, -0.25) is 9.59 Å². The van der Waals surface area contributed by atoms with Gasteiger partial charge < -0.3 is 5.11 Å². The monoisotopic (exact) mass is 169 g/mol. The molecule has 0 aliphatic carbocycles. The molecule has 1 unspecified atom stereocenters. The second-order valence-corrected chi connectivity index (χ2v) is 2.09. The summed E-state index contributed by atoms with van der Waals surface area (Å²) in [7, 11) is 0. The molecule has 4 nitrogen and oxygen atoms in total. The number of aliphatic hydroxyl groups excluding tert-OH is 1. The van der Waals surface area contributed by atoms with Crippen LogP contribution in [0.25, 0.3) is 0 Å². The van der Waals surface area contributed by atoms with Crippen molar-refractivity contribution in [2.45, 2.75) is 13.2 Å². The maximum absolute atomic E-state index is 10.9. The van der Waals surface area contributed by atoms with Gasteiger partial charge in [0, 0.05) is 0 Å². The first-order valence-electron chi connectivity index (χ1n) is 3.34. The van der Waals surface area contributed by atoms with Gasteiger partial charge in [0.05, 0.1) is 0 Å². The van der Waals surface area contributed by atoms with Gasteiger partial charge in [-0.05, 0) is 19.1 Å². The number of aliphatic hydroxyl groups is 1. The first-order valence-corrected chi connectivity index (χ1v) is 3.34. The highest BCUT2D eigenvalue weighted by atomic mass is 16.3. The third-order valence-corrected chi connectivity index (χ3v) is 1.20. The van der Waals surface area contributed by atoms with Crippen molar-refractivity contribution in [3.63, 3.8) is 0 Å². The van der Waals surface area contributed by atoms with E-state index in [0.29, 0.717) is 4.90 Å². The predicted octanol–water partition coefficient (Wildman–Crippen LogP) is 0.0519. The lowest BCUT2D eigenvalue weighted by molar-refractivity contribution is -0.148. The third-order valence-electron chi connectivity index (χ3n) is 1.20. The molecule has 66 valence electrons. The maximum atomic E-state index is 10.9. The fourth-order valence-electron chi connectivity index (χ4n) is 0.674. The smallest absolute Gasteiger partial charge is 0.254 e. The molecule has 0 radical (unpaired) electrons. The summed E-state index contributed by atoms with van der Waals surface area (Å²) in [6, 6.07) is 0. The first-order chi connectivity index (χ1) is 5.54. The van der Waals surface area contributed by atoms with E-state index in [0.717, 1.165) is 12.2 Å². The number of rotatable bonds is 3. The molecule has 0 rings (SSSR count). The van der Waals surface area contributed by atoms with E-state index in [1.807, 2.05) is 0 Å². The van der Waals surface area contributed by atoms with Crippen molar-refractivity contribution in [2.75, 3.05) is 0 Å². The Morgan fingerprint density at radius 3 is 1.83 bits per heavy atom. The third kappa shape index (κ3) is 2.32. The fraction of sp³-hybridized carbons (Fsp3) is 0.250. The Morgan fingerprint density at radius 1 is 1.33 bits per heavy atom. The Kier molecular flexibility index (Phi) is 3.93. The Labute approximate surface area is 70.8 Å². The Balaban J connectivity index is 4.65. The largest absolute Gasteiger partial charge is 0.373 e. The lowest BCUT2D eigenvalue weighted by Crippen LogP contribution is -2.41. The van der Waals surface area contributed by atoms with E-state index in [4.69, 9.17) is 5.11 Å². The molecule has 1 N–H and O–H groups in total. The molecule has 0 aromatic carbocycles. The molecule has 0 saturated heterocycles. The lowest BCUT2D eigenvalue weighted by atomic mass is 10.4. The minimum atomic E-state index is -1.17. The summed E-state index contributed by atoms with van der Waals surface area (Å²) < 4.78 is 0. The van der Waals surface area contributed by atoms with Gasteiger partial charge in [0.2, 0.25) is 0 Å². The van der Waals surface area contributed by atoms with Gasteiger partial charge in [-0.15, -0.1) is 0 Å². The molecule has 4 heteroatoms. The van der Waals surface area contributed by atoms with E-state index >= 15 is 0 Å². The molecule has 0 aliphatic rings. The molecule has 0 aromatic rings. The quantitative estimate of drug-likeness (QED) is 0.479. The van der Waals surface area contributed by atoms with Crippen LogP contribution in [0, 0.1) is 0 Å². The van der Waals surface area contributed by atoms with Gasteiger partial charge in [0.1, 0.15) is 6.23 Å². The number of hydrogen-bond acceptors (Lipinski definition) is 3. The van der Waals surface area contributed by atoms with E-state index in [-0.39, 0.29) is 0 Å². The Morgan fingerprint density at radius 2 is 1.67 bits per heavy atom. The first kappa shape index (κ1) is 10.6. The van der Waals surface area contributed by atoms with Crippen LogP contribution in [-0.2, 0) is 9.59 Å². The molecule has 12 heavy (non-hydrogen) atoms. The highest BCUT2D eigenvalue weighted by Gasteiger charge is 2.20. The maximum Gasteiger partial charge on any atom is 0.254 e. The number of nitrogens with zero attached hydrogens (tertiary/aromatic N) is 1. The molecule has 0 heterocycles. The molecule has 2 amide bonds. The van der Waals surface area contributed by atoms with Crippen LogP contribution >= 0.6 is 0 Å². The number of imide groups is 1. The van der Waals surface area contributed by atoms with Crippen molar-refractivity contribution in [1.29, 1.82) is 0 Å². The number of amides is 2. The van der Waals surface area contributed by atoms with Crippen molar-refractivity contribution < 1.29 is 14.7 Å². The van der Waals surface area contributed by atoms with Crippen LogP contribution in [0.4, 0.5) is 0 Å². The zero-order chi connectivity index (χ0) is 9.72. The zero-order valence-corrected chi connectivity index (χ0v) is 6.86. The predicted molar refractivity (Wildman–Crippen MR) is 43.9 cm³/mol. The Hall–Kier alpha value is -1.42. The molecular weight excluding hydrogens is 158 g/mol. The normalized spacial score (nSPS) is 11.5. The molecule has 0 aromatic heterocycles. The minimum absolute atomic E-state index is 0.644. The van der Waals surface area contributed by atoms with Crippen LogP contribution in [0.3, 0.4) is 0 Å². The van der Waals surface area contributed by atoms with E-state index in [1.54, 1.807) is 0 Å². The molecular formula is C8H11NO3. The van der Waals surface area contributed by atoms with Crippen molar-refractivity contribution in [3.05, 3.63) is 25.3 Å². The average molecular weight is 169 g/mol. The van der Waals surface area contributed by atoms with Gasteiger partial charge in [-0.25, -0.2) is 4.90 Å². The molecule has 0 spiro atoms. The van der Waals surface area contributed by atoms with E-state index in [9.17, 15) is 9.59 Å². The van der Waals surface area contributed by atoms with Crippen molar-refractivity contribution in [1.82, 2.24) is 4.90 Å². The average Bonchev–Trinajstić information content (AvgIpc) is 2.03. The van der Waals surface area contributed by atoms with E-state index in [1.165, 1.54) is 6.92 Å². The van der Waals surface area contributed by atoms with Gasteiger partial charge in [-0.2, -0.15) is 0 Å². The number of carbonyl (C=O) groups is 2. The van der Waals surface area contributed by atoms with Crippen molar-refractivity contribution in [2.24, 2.45) is 0 Å². The molecule has 0 fully saturated rings. The highest BCUT2D eigenvalue weighted by Crippen LogP contribution is 1.98.